The molecule has 0 amide bonds. The maximum Gasteiger partial charge on any atom is 0.123 e. The molecular formula is C12H15BrN2O. The summed E-state index contributed by atoms with van der Waals surface area (Å²) < 4.78 is 6.44. The highest BCUT2D eigenvalue weighted by atomic mass is 79.9. The molecule has 1 aromatic rings. The van der Waals surface area contributed by atoms with Crippen molar-refractivity contribution in [2.45, 2.75) is 19.3 Å². The highest BCUT2D eigenvalue weighted by molar-refractivity contribution is 9.10. The molecule has 0 spiro atoms. The summed E-state index contributed by atoms with van der Waals surface area (Å²) in [6, 6.07) is 5.52. The van der Waals surface area contributed by atoms with Crippen molar-refractivity contribution in [2.24, 2.45) is 11.7 Å². The van der Waals surface area contributed by atoms with Gasteiger partial charge in [-0.2, -0.15) is 0 Å². The van der Waals surface area contributed by atoms with Gasteiger partial charge in [0.1, 0.15) is 11.6 Å². The van der Waals surface area contributed by atoms with Gasteiger partial charge >= 0.3 is 0 Å². The number of nitrogens with one attached hydrogen (secondary N) is 1. The zero-order valence-corrected chi connectivity index (χ0v) is 10.6. The van der Waals surface area contributed by atoms with Crippen molar-refractivity contribution in [2.75, 3.05) is 6.61 Å². The predicted octanol–water partition coefficient (Wildman–Crippen LogP) is 2.91. The Balaban J connectivity index is 1.93. The van der Waals surface area contributed by atoms with Gasteiger partial charge in [-0.25, -0.2) is 0 Å². The first-order chi connectivity index (χ1) is 7.66. The summed E-state index contributed by atoms with van der Waals surface area (Å²) in [5, 5.41) is 7.36. The number of benzene rings is 1. The molecule has 0 bridgehead atoms. The van der Waals surface area contributed by atoms with Crippen LogP contribution >= 0.6 is 15.9 Å². The number of hydrogen-bond donors (Lipinski definition) is 2. The predicted molar refractivity (Wildman–Crippen MR) is 68.0 cm³/mol. The Labute approximate surface area is 104 Å². The molecule has 0 unspecified atom stereocenters. The first-order valence-corrected chi connectivity index (χ1v) is 6.23. The van der Waals surface area contributed by atoms with Crippen LogP contribution < -0.4 is 10.5 Å². The Bertz CT molecular complexity index is 402. The van der Waals surface area contributed by atoms with E-state index in [1.807, 2.05) is 12.1 Å². The largest absolute Gasteiger partial charge is 0.494 e. The molecule has 4 heteroatoms. The van der Waals surface area contributed by atoms with Crippen LogP contribution in [0.3, 0.4) is 0 Å². The minimum atomic E-state index is 0.0661. The van der Waals surface area contributed by atoms with E-state index in [2.05, 4.69) is 15.9 Å². The Morgan fingerprint density at radius 2 is 2.25 bits per heavy atom. The third-order valence-electron chi connectivity index (χ3n) is 2.72. The molecule has 1 saturated carbocycles. The summed E-state index contributed by atoms with van der Waals surface area (Å²) in [7, 11) is 0. The molecule has 1 fully saturated rings. The van der Waals surface area contributed by atoms with Gasteiger partial charge < -0.3 is 10.5 Å². The summed E-state index contributed by atoms with van der Waals surface area (Å²) in [4.78, 5) is 0. The molecule has 2 rings (SSSR count). The van der Waals surface area contributed by atoms with Crippen molar-refractivity contribution >= 4 is 21.8 Å². The Kier molecular flexibility index (Phi) is 3.49. The van der Waals surface area contributed by atoms with E-state index in [4.69, 9.17) is 15.9 Å². The topological polar surface area (TPSA) is 59.1 Å². The number of halogens is 1. The second kappa shape index (κ2) is 4.87. The fourth-order valence-electron chi connectivity index (χ4n) is 1.55. The lowest BCUT2D eigenvalue weighted by Gasteiger charge is -2.08. The van der Waals surface area contributed by atoms with Crippen LogP contribution in [0.5, 0.6) is 5.75 Å². The van der Waals surface area contributed by atoms with Gasteiger partial charge in [-0.15, -0.1) is 0 Å². The lowest BCUT2D eigenvalue weighted by Crippen LogP contribution is -2.11. The molecule has 0 aromatic heterocycles. The molecule has 86 valence electrons. The zero-order valence-electron chi connectivity index (χ0n) is 9.00. The molecular weight excluding hydrogens is 268 g/mol. The number of amidine groups is 1. The van der Waals surface area contributed by atoms with Crippen LogP contribution in [-0.2, 0) is 0 Å². The van der Waals surface area contributed by atoms with Crippen LogP contribution in [0.15, 0.2) is 22.7 Å². The average molecular weight is 283 g/mol. The maximum atomic E-state index is 7.36. The Hall–Kier alpha value is -1.03. The molecule has 16 heavy (non-hydrogen) atoms. The summed E-state index contributed by atoms with van der Waals surface area (Å²) >= 11 is 3.38. The summed E-state index contributed by atoms with van der Waals surface area (Å²) in [5.74, 6) is 1.79. The van der Waals surface area contributed by atoms with Gasteiger partial charge in [0.15, 0.2) is 0 Å². The van der Waals surface area contributed by atoms with E-state index in [1.54, 1.807) is 6.07 Å². The van der Waals surface area contributed by atoms with E-state index in [0.717, 1.165) is 29.2 Å². The fraction of sp³-hybridized carbons (Fsp3) is 0.417. The number of nitrogen functional groups attached to an aromatic ring is 1. The SMILES string of the molecule is N=C(N)c1ccc(OCCC2CC2)cc1Br. The molecule has 0 heterocycles. The third kappa shape index (κ3) is 2.98. The average Bonchev–Trinajstić information content (AvgIpc) is 3.01. The van der Waals surface area contributed by atoms with Crippen LogP contribution in [-0.4, -0.2) is 12.4 Å². The smallest absolute Gasteiger partial charge is 0.123 e. The standard InChI is InChI=1S/C12H15BrN2O/c13-11-7-9(3-4-10(11)12(14)15)16-6-5-8-1-2-8/h3-4,7-8H,1-2,5-6H2,(H3,14,15). The van der Waals surface area contributed by atoms with Gasteiger partial charge in [0, 0.05) is 10.0 Å². The van der Waals surface area contributed by atoms with Crippen molar-refractivity contribution < 1.29 is 4.74 Å². The molecule has 3 nitrogen and oxygen atoms in total. The Morgan fingerprint density at radius 3 is 2.81 bits per heavy atom. The molecule has 0 aliphatic heterocycles. The second-order valence-electron chi connectivity index (χ2n) is 4.14. The normalized spacial score (nSPS) is 14.8. The number of rotatable bonds is 5. The van der Waals surface area contributed by atoms with E-state index >= 15 is 0 Å². The van der Waals surface area contributed by atoms with E-state index in [-0.39, 0.29) is 5.84 Å². The van der Waals surface area contributed by atoms with Crippen molar-refractivity contribution in [1.29, 1.82) is 5.41 Å². The fourth-order valence-corrected chi connectivity index (χ4v) is 2.13. The van der Waals surface area contributed by atoms with Crippen LogP contribution in [0.4, 0.5) is 0 Å². The zero-order chi connectivity index (χ0) is 11.5. The molecule has 0 atom stereocenters. The van der Waals surface area contributed by atoms with Gasteiger partial charge in [-0.3, -0.25) is 5.41 Å². The van der Waals surface area contributed by atoms with Crippen molar-refractivity contribution in [1.82, 2.24) is 0 Å². The van der Waals surface area contributed by atoms with Crippen LogP contribution in [0.25, 0.3) is 0 Å². The van der Waals surface area contributed by atoms with E-state index < -0.39 is 0 Å². The van der Waals surface area contributed by atoms with Crippen molar-refractivity contribution in [3.8, 4) is 5.75 Å². The second-order valence-corrected chi connectivity index (χ2v) is 4.99. The summed E-state index contributed by atoms with van der Waals surface area (Å²) in [5.41, 5.74) is 6.13. The molecule has 1 aliphatic carbocycles. The molecule has 0 radical (unpaired) electrons. The van der Waals surface area contributed by atoms with Gasteiger partial charge in [0.25, 0.3) is 0 Å². The minimum absolute atomic E-state index is 0.0661. The van der Waals surface area contributed by atoms with Crippen LogP contribution in [0.1, 0.15) is 24.8 Å². The third-order valence-corrected chi connectivity index (χ3v) is 3.38. The highest BCUT2D eigenvalue weighted by Gasteiger charge is 2.20. The van der Waals surface area contributed by atoms with E-state index in [1.165, 1.54) is 12.8 Å². The Morgan fingerprint density at radius 1 is 1.50 bits per heavy atom. The molecule has 0 saturated heterocycles. The van der Waals surface area contributed by atoms with Crippen LogP contribution in [0.2, 0.25) is 0 Å². The van der Waals surface area contributed by atoms with E-state index in [9.17, 15) is 0 Å². The lowest BCUT2D eigenvalue weighted by atomic mass is 10.2. The highest BCUT2D eigenvalue weighted by Crippen LogP contribution is 2.32. The first-order valence-electron chi connectivity index (χ1n) is 5.43. The lowest BCUT2D eigenvalue weighted by molar-refractivity contribution is 0.302. The number of hydrogen-bond acceptors (Lipinski definition) is 2. The van der Waals surface area contributed by atoms with E-state index in [0.29, 0.717) is 5.56 Å². The number of nitrogens with two attached hydrogens (primary N) is 1. The molecule has 1 aliphatic rings. The minimum Gasteiger partial charge on any atom is -0.494 e. The van der Waals surface area contributed by atoms with Gasteiger partial charge in [0.05, 0.1) is 6.61 Å². The number of ether oxygens (including phenoxy) is 1. The molecule has 1 aromatic carbocycles. The van der Waals surface area contributed by atoms with Crippen LogP contribution in [0, 0.1) is 11.3 Å². The van der Waals surface area contributed by atoms with Gasteiger partial charge in [-0.05, 0) is 46.5 Å². The monoisotopic (exact) mass is 282 g/mol. The van der Waals surface area contributed by atoms with Crippen molar-refractivity contribution in [3.63, 3.8) is 0 Å². The molecule has 3 N–H and O–H groups in total. The summed E-state index contributed by atoms with van der Waals surface area (Å²) in [6.45, 7) is 0.774. The quantitative estimate of drug-likeness (QED) is 0.644. The summed E-state index contributed by atoms with van der Waals surface area (Å²) in [6.07, 6.45) is 3.86. The first kappa shape index (κ1) is 11.5. The van der Waals surface area contributed by atoms with Gasteiger partial charge in [-0.1, -0.05) is 12.8 Å². The van der Waals surface area contributed by atoms with Crippen molar-refractivity contribution in [3.05, 3.63) is 28.2 Å². The maximum absolute atomic E-state index is 7.36. The van der Waals surface area contributed by atoms with Gasteiger partial charge in [0.2, 0.25) is 0 Å².